The second-order valence-electron chi connectivity index (χ2n) is 7.51. The van der Waals surface area contributed by atoms with E-state index in [1.165, 1.54) is 20.9 Å². The van der Waals surface area contributed by atoms with Crippen molar-refractivity contribution in [2.24, 2.45) is 5.73 Å². The molecule has 1 aromatic heterocycles. The van der Waals surface area contributed by atoms with Crippen LogP contribution >= 0.6 is 11.3 Å². The molecule has 5 heteroatoms. The molecule has 1 saturated heterocycles. The number of hydrogen-bond donors (Lipinski definition) is 2. The van der Waals surface area contributed by atoms with Crippen LogP contribution in [0, 0.1) is 0 Å². The van der Waals surface area contributed by atoms with Crippen LogP contribution in [-0.4, -0.2) is 25.2 Å². The van der Waals surface area contributed by atoms with Gasteiger partial charge in [0.05, 0.1) is 6.61 Å². The molecule has 0 unspecified atom stereocenters. The monoisotopic (exact) mass is 406 g/mol. The molecule has 3 aromatic rings. The number of rotatable bonds is 7. The Hall–Kier alpha value is -2.47. The number of ether oxygens (including phenoxy) is 1. The first-order valence-corrected chi connectivity index (χ1v) is 10.8. The number of thiophene rings is 1. The Morgan fingerprint density at radius 3 is 2.86 bits per heavy atom. The van der Waals surface area contributed by atoms with E-state index in [2.05, 4.69) is 48.6 Å². The fraction of sp³-hybridized carbons (Fsp3) is 0.292. The third kappa shape index (κ3) is 4.58. The summed E-state index contributed by atoms with van der Waals surface area (Å²) < 4.78 is 5.43. The predicted octanol–water partition coefficient (Wildman–Crippen LogP) is 4.54. The van der Waals surface area contributed by atoms with Gasteiger partial charge in [-0.15, -0.1) is 11.3 Å². The molecule has 2 atom stereocenters. The molecule has 1 aliphatic rings. The zero-order chi connectivity index (χ0) is 20.2. The number of primary amides is 1. The molecular weight excluding hydrogens is 380 g/mol. The first-order valence-electron chi connectivity index (χ1n) is 10.0. The van der Waals surface area contributed by atoms with E-state index in [4.69, 9.17) is 10.5 Å². The molecule has 1 fully saturated rings. The number of nitrogens with two attached hydrogens (primary N) is 1. The molecule has 0 aliphatic carbocycles. The largest absolute Gasteiger partial charge is 0.380 e. The molecule has 29 heavy (non-hydrogen) atoms. The van der Waals surface area contributed by atoms with E-state index >= 15 is 0 Å². The predicted molar refractivity (Wildman–Crippen MR) is 118 cm³/mol. The molecule has 0 spiro atoms. The van der Waals surface area contributed by atoms with Crippen LogP contribution < -0.4 is 11.1 Å². The quantitative estimate of drug-likeness (QED) is 0.605. The molecule has 1 amide bonds. The van der Waals surface area contributed by atoms with Crippen molar-refractivity contribution in [1.29, 1.82) is 0 Å². The molecule has 0 radical (unpaired) electrons. The summed E-state index contributed by atoms with van der Waals surface area (Å²) in [7, 11) is 0. The Morgan fingerprint density at radius 2 is 2.07 bits per heavy atom. The van der Waals surface area contributed by atoms with Gasteiger partial charge in [0.25, 0.3) is 0 Å². The molecule has 2 aromatic carbocycles. The van der Waals surface area contributed by atoms with E-state index in [1.54, 1.807) is 6.07 Å². The summed E-state index contributed by atoms with van der Waals surface area (Å²) >= 11 is 1.82. The molecular formula is C24H26N2O2S. The maximum absolute atomic E-state index is 11.8. The Balaban J connectivity index is 1.52. The van der Waals surface area contributed by atoms with Crippen LogP contribution in [0.5, 0.6) is 0 Å². The maximum atomic E-state index is 11.8. The molecule has 4 rings (SSSR count). The molecule has 2 heterocycles. The van der Waals surface area contributed by atoms with Crippen LogP contribution in [0.15, 0.2) is 60.7 Å². The highest BCUT2D eigenvalue weighted by Gasteiger charge is 2.17. The van der Waals surface area contributed by atoms with Gasteiger partial charge in [0.15, 0.2) is 0 Å². The van der Waals surface area contributed by atoms with Crippen LogP contribution in [-0.2, 0) is 11.3 Å². The smallest absolute Gasteiger partial charge is 0.248 e. The molecule has 150 valence electrons. The van der Waals surface area contributed by atoms with E-state index in [-0.39, 0.29) is 11.8 Å². The second-order valence-corrected chi connectivity index (χ2v) is 8.67. The molecule has 4 nitrogen and oxygen atoms in total. The van der Waals surface area contributed by atoms with Crippen LogP contribution in [0.3, 0.4) is 0 Å². The lowest BCUT2D eigenvalue weighted by Gasteiger charge is -2.16. The van der Waals surface area contributed by atoms with E-state index in [9.17, 15) is 4.79 Å². The summed E-state index contributed by atoms with van der Waals surface area (Å²) in [5.41, 5.74) is 9.50. The van der Waals surface area contributed by atoms with Crippen molar-refractivity contribution in [3.8, 4) is 10.4 Å². The van der Waals surface area contributed by atoms with Crippen molar-refractivity contribution in [3.05, 3.63) is 82.2 Å². The number of hydrogen-bond acceptors (Lipinski definition) is 4. The third-order valence-corrected chi connectivity index (χ3v) is 6.65. The van der Waals surface area contributed by atoms with Gasteiger partial charge in [-0.05, 0) is 47.4 Å². The number of amides is 1. The minimum atomic E-state index is -0.383. The molecule has 3 N–H and O–H groups in total. The lowest BCUT2D eigenvalue weighted by molar-refractivity contribution is 0.0999. The van der Waals surface area contributed by atoms with Gasteiger partial charge >= 0.3 is 0 Å². The standard InChI is InChI=1S/C24H26N2O2S/c1-16(21-7-2-3-8-22(21)24(25)27)17-5-4-6-18(13-17)23-10-9-20(29-23)14-26-19-11-12-28-15-19/h2-10,13,16,19,26H,11-12,14-15H2,1H3,(H2,25,27)/t16-,19+/m1/s1. The fourth-order valence-electron chi connectivity index (χ4n) is 3.81. The van der Waals surface area contributed by atoms with E-state index < -0.39 is 0 Å². The lowest BCUT2D eigenvalue weighted by Crippen LogP contribution is -2.28. The van der Waals surface area contributed by atoms with Crippen molar-refractivity contribution in [1.82, 2.24) is 5.32 Å². The Labute approximate surface area is 175 Å². The number of carbonyl (C=O) groups is 1. The van der Waals surface area contributed by atoms with Crippen LogP contribution in [0.1, 0.15) is 45.6 Å². The highest BCUT2D eigenvalue weighted by molar-refractivity contribution is 7.15. The number of benzene rings is 2. The van der Waals surface area contributed by atoms with Gasteiger partial charge in [-0.3, -0.25) is 4.79 Å². The Kier molecular flexibility index (Phi) is 6.09. The summed E-state index contributed by atoms with van der Waals surface area (Å²) in [6.45, 7) is 4.66. The second kappa shape index (κ2) is 8.91. The normalized spacial score (nSPS) is 17.3. The number of carbonyl (C=O) groups excluding carboxylic acids is 1. The Morgan fingerprint density at radius 1 is 1.21 bits per heavy atom. The van der Waals surface area contributed by atoms with Gasteiger partial charge in [0, 0.05) is 40.4 Å². The number of nitrogens with one attached hydrogen (secondary N) is 1. The summed E-state index contributed by atoms with van der Waals surface area (Å²) in [5.74, 6) is -0.297. The van der Waals surface area contributed by atoms with E-state index in [0.29, 0.717) is 11.6 Å². The van der Waals surface area contributed by atoms with Gasteiger partial charge in [0.2, 0.25) is 5.91 Å². The Bertz CT molecular complexity index is 992. The summed E-state index contributed by atoms with van der Waals surface area (Å²) in [6, 6.07) is 21.0. The third-order valence-electron chi connectivity index (χ3n) is 5.52. The van der Waals surface area contributed by atoms with Gasteiger partial charge < -0.3 is 15.8 Å². The lowest BCUT2D eigenvalue weighted by atomic mass is 9.88. The summed E-state index contributed by atoms with van der Waals surface area (Å²) in [4.78, 5) is 14.4. The first kappa shape index (κ1) is 19.8. The highest BCUT2D eigenvalue weighted by Crippen LogP contribution is 2.33. The minimum Gasteiger partial charge on any atom is -0.380 e. The average molecular weight is 407 g/mol. The van der Waals surface area contributed by atoms with Crippen molar-refractivity contribution < 1.29 is 9.53 Å². The maximum Gasteiger partial charge on any atom is 0.248 e. The molecule has 0 saturated carbocycles. The topological polar surface area (TPSA) is 64.3 Å². The zero-order valence-electron chi connectivity index (χ0n) is 16.6. The minimum absolute atomic E-state index is 0.0853. The summed E-state index contributed by atoms with van der Waals surface area (Å²) in [5, 5.41) is 3.57. The van der Waals surface area contributed by atoms with Crippen LogP contribution in [0.4, 0.5) is 0 Å². The van der Waals surface area contributed by atoms with Gasteiger partial charge in [0.1, 0.15) is 0 Å². The van der Waals surface area contributed by atoms with Gasteiger partial charge in [-0.1, -0.05) is 43.3 Å². The van der Waals surface area contributed by atoms with Crippen LogP contribution in [0.25, 0.3) is 10.4 Å². The molecule has 0 bridgehead atoms. The van der Waals surface area contributed by atoms with Crippen molar-refractivity contribution in [2.45, 2.75) is 31.8 Å². The SMILES string of the molecule is C[C@H](c1cccc(-c2ccc(CN[C@H]3CCOC3)s2)c1)c1ccccc1C(N)=O. The molecule has 1 aliphatic heterocycles. The fourth-order valence-corrected chi connectivity index (χ4v) is 4.76. The average Bonchev–Trinajstić information content (AvgIpc) is 3.44. The van der Waals surface area contributed by atoms with E-state index in [1.807, 2.05) is 29.5 Å². The van der Waals surface area contributed by atoms with Gasteiger partial charge in [-0.25, -0.2) is 0 Å². The van der Waals surface area contributed by atoms with Crippen molar-refractivity contribution in [2.75, 3.05) is 13.2 Å². The van der Waals surface area contributed by atoms with Crippen molar-refractivity contribution in [3.63, 3.8) is 0 Å². The zero-order valence-corrected chi connectivity index (χ0v) is 17.4. The highest BCUT2D eigenvalue weighted by atomic mass is 32.1. The van der Waals surface area contributed by atoms with Gasteiger partial charge in [-0.2, -0.15) is 0 Å². The van der Waals surface area contributed by atoms with Crippen LogP contribution in [0.2, 0.25) is 0 Å². The summed E-state index contributed by atoms with van der Waals surface area (Å²) in [6.07, 6.45) is 1.09. The first-order chi connectivity index (χ1) is 14.1. The van der Waals surface area contributed by atoms with E-state index in [0.717, 1.165) is 31.7 Å². The van der Waals surface area contributed by atoms with Crippen molar-refractivity contribution >= 4 is 17.2 Å².